The summed E-state index contributed by atoms with van der Waals surface area (Å²) in [6.45, 7) is 0.494. The summed E-state index contributed by atoms with van der Waals surface area (Å²) in [6.07, 6.45) is 0.00927. The summed E-state index contributed by atoms with van der Waals surface area (Å²) in [7, 11) is 1.49. The maximum absolute atomic E-state index is 12.8. The highest BCUT2D eigenvalue weighted by atomic mass is 35.5. The third kappa shape index (κ3) is 3.72. The predicted octanol–water partition coefficient (Wildman–Crippen LogP) is 1.14. The van der Waals surface area contributed by atoms with E-state index in [1.165, 1.54) is 16.9 Å². The minimum absolute atomic E-state index is 0.0272. The number of likely N-dealkylation sites (tertiary alicyclic amines) is 1. The van der Waals surface area contributed by atoms with Crippen LogP contribution >= 0.6 is 11.6 Å². The number of piperidine rings is 1. The monoisotopic (exact) mass is 396 g/mol. The molecule has 1 unspecified atom stereocenters. The van der Waals surface area contributed by atoms with Gasteiger partial charge in [-0.15, -0.1) is 0 Å². The van der Waals surface area contributed by atoms with E-state index < -0.39 is 17.5 Å². The number of carboxylic acid groups (broad SMARTS) is 1. The van der Waals surface area contributed by atoms with Gasteiger partial charge in [-0.1, -0.05) is 11.6 Å². The molecule has 146 valence electrons. The molecule has 0 bridgehead atoms. The van der Waals surface area contributed by atoms with E-state index in [4.69, 9.17) is 21.4 Å². The zero-order chi connectivity index (χ0) is 19.8. The lowest BCUT2D eigenvalue weighted by Crippen LogP contribution is -2.52. The Hall–Kier alpha value is -2.32. The molecule has 0 saturated carbocycles. The quantitative estimate of drug-likeness (QED) is 0.790. The predicted molar refractivity (Wildman–Crippen MR) is 96.9 cm³/mol. The molecule has 9 heteroatoms. The molecular formula is C18H21ClN2O6. The van der Waals surface area contributed by atoms with Crippen molar-refractivity contribution >= 4 is 35.1 Å². The SMILES string of the molecule is COc1ccc(Cl)cc1N1CC(C(=O)N2CCC(O)(C(=O)O)CC2)CC1=O. The van der Waals surface area contributed by atoms with Gasteiger partial charge in [0.2, 0.25) is 11.8 Å². The second-order valence-electron chi connectivity index (χ2n) is 6.88. The lowest BCUT2D eigenvalue weighted by molar-refractivity contribution is -0.165. The molecule has 0 radical (unpaired) electrons. The van der Waals surface area contributed by atoms with Gasteiger partial charge in [-0.05, 0) is 18.2 Å². The largest absolute Gasteiger partial charge is 0.495 e. The van der Waals surface area contributed by atoms with E-state index in [0.717, 1.165) is 0 Å². The van der Waals surface area contributed by atoms with Gasteiger partial charge in [0.15, 0.2) is 5.60 Å². The van der Waals surface area contributed by atoms with Crippen molar-refractivity contribution in [1.29, 1.82) is 0 Å². The Kier molecular flexibility index (Phi) is 5.30. The van der Waals surface area contributed by atoms with E-state index in [1.807, 2.05) is 0 Å². The number of anilines is 1. The molecule has 2 amide bonds. The lowest BCUT2D eigenvalue weighted by Gasteiger charge is -2.36. The number of methoxy groups -OCH3 is 1. The number of amides is 2. The van der Waals surface area contributed by atoms with E-state index in [9.17, 15) is 19.5 Å². The molecule has 3 rings (SSSR count). The Bertz CT molecular complexity index is 775. The molecule has 8 nitrogen and oxygen atoms in total. The summed E-state index contributed by atoms with van der Waals surface area (Å²) < 4.78 is 5.29. The first kappa shape index (κ1) is 19.4. The summed E-state index contributed by atoms with van der Waals surface area (Å²) in [5.41, 5.74) is -1.27. The van der Waals surface area contributed by atoms with Gasteiger partial charge >= 0.3 is 5.97 Å². The Morgan fingerprint density at radius 2 is 1.96 bits per heavy atom. The molecule has 0 aliphatic carbocycles. The molecule has 1 aromatic carbocycles. The average Bonchev–Trinajstić information content (AvgIpc) is 3.03. The van der Waals surface area contributed by atoms with E-state index in [0.29, 0.717) is 16.5 Å². The smallest absolute Gasteiger partial charge is 0.335 e. The number of halogens is 1. The van der Waals surface area contributed by atoms with Gasteiger partial charge in [-0.2, -0.15) is 0 Å². The van der Waals surface area contributed by atoms with E-state index >= 15 is 0 Å². The fourth-order valence-corrected chi connectivity index (χ4v) is 3.72. The molecule has 2 N–H and O–H groups in total. The first-order valence-electron chi connectivity index (χ1n) is 8.63. The molecule has 1 aromatic rings. The van der Waals surface area contributed by atoms with Crippen molar-refractivity contribution in [3.05, 3.63) is 23.2 Å². The summed E-state index contributed by atoms with van der Waals surface area (Å²) in [4.78, 5) is 39.4. The van der Waals surface area contributed by atoms with Gasteiger partial charge < -0.3 is 24.7 Å². The summed E-state index contributed by atoms with van der Waals surface area (Å²) in [6, 6.07) is 4.95. The van der Waals surface area contributed by atoms with Crippen LogP contribution in [0.2, 0.25) is 5.02 Å². The Morgan fingerprint density at radius 3 is 2.56 bits per heavy atom. The number of rotatable bonds is 4. The molecule has 2 saturated heterocycles. The van der Waals surface area contributed by atoms with Crippen molar-refractivity contribution in [2.45, 2.75) is 24.9 Å². The second kappa shape index (κ2) is 7.36. The van der Waals surface area contributed by atoms with Crippen molar-refractivity contribution in [3.8, 4) is 5.75 Å². The molecular weight excluding hydrogens is 376 g/mol. The fourth-order valence-electron chi connectivity index (χ4n) is 3.55. The summed E-state index contributed by atoms with van der Waals surface area (Å²) in [5.74, 6) is -1.72. The highest BCUT2D eigenvalue weighted by molar-refractivity contribution is 6.31. The Morgan fingerprint density at radius 1 is 1.30 bits per heavy atom. The number of ether oxygens (including phenoxy) is 1. The first-order chi connectivity index (χ1) is 12.7. The molecule has 0 aromatic heterocycles. The molecule has 2 heterocycles. The normalized spacial score (nSPS) is 22.0. The Labute approximate surface area is 161 Å². The highest BCUT2D eigenvalue weighted by Gasteiger charge is 2.43. The zero-order valence-corrected chi connectivity index (χ0v) is 15.6. The average molecular weight is 397 g/mol. The van der Waals surface area contributed by atoms with Crippen LogP contribution in [0, 0.1) is 5.92 Å². The minimum Gasteiger partial charge on any atom is -0.495 e. The molecule has 2 aliphatic heterocycles. The van der Waals surface area contributed by atoms with Crippen LogP contribution in [0.3, 0.4) is 0 Å². The second-order valence-corrected chi connectivity index (χ2v) is 7.32. The van der Waals surface area contributed by atoms with Crippen LogP contribution in [0.15, 0.2) is 18.2 Å². The number of nitrogens with zero attached hydrogens (tertiary/aromatic N) is 2. The van der Waals surface area contributed by atoms with Crippen molar-refractivity contribution in [2.75, 3.05) is 31.6 Å². The zero-order valence-electron chi connectivity index (χ0n) is 14.9. The van der Waals surface area contributed by atoms with Crippen LogP contribution in [-0.4, -0.2) is 65.2 Å². The summed E-state index contributed by atoms with van der Waals surface area (Å²) >= 11 is 6.03. The molecule has 0 spiro atoms. The van der Waals surface area contributed by atoms with Gasteiger partial charge in [0.25, 0.3) is 0 Å². The number of hydrogen-bond acceptors (Lipinski definition) is 5. The van der Waals surface area contributed by atoms with Gasteiger partial charge in [0.1, 0.15) is 5.75 Å². The lowest BCUT2D eigenvalue weighted by atomic mass is 9.91. The van der Waals surface area contributed by atoms with E-state index in [-0.39, 0.29) is 50.7 Å². The number of aliphatic hydroxyl groups is 1. The molecule has 2 fully saturated rings. The van der Waals surface area contributed by atoms with Crippen LogP contribution in [0.1, 0.15) is 19.3 Å². The van der Waals surface area contributed by atoms with Crippen LogP contribution < -0.4 is 9.64 Å². The van der Waals surface area contributed by atoms with Crippen molar-refractivity contribution < 1.29 is 29.3 Å². The third-order valence-corrected chi connectivity index (χ3v) is 5.44. The Balaban J connectivity index is 1.70. The van der Waals surface area contributed by atoms with Crippen molar-refractivity contribution in [2.24, 2.45) is 5.92 Å². The maximum atomic E-state index is 12.8. The summed E-state index contributed by atoms with van der Waals surface area (Å²) in [5, 5.41) is 19.5. The topological polar surface area (TPSA) is 107 Å². The number of aliphatic carboxylic acids is 1. The van der Waals surface area contributed by atoms with Crippen LogP contribution in [0.25, 0.3) is 0 Å². The van der Waals surface area contributed by atoms with Crippen molar-refractivity contribution in [1.82, 2.24) is 4.90 Å². The van der Waals surface area contributed by atoms with Crippen LogP contribution in [0.5, 0.6) is 5.75 Å². The van der Waals surface area contributed by atoms with Crippen LogP contribution in [-0.2, 0) is 14.4 Å². The number of carbonyl (C=O) groups excluding carboxylic acids is 2. The van der Waals surface area contributed by atoms with E-state index in [2.05, 4.69) is 0 Å². The standard InChI is InChI=1S/C18H21ClN2O6/c1-27-14-3-2-12(19)9-13(14)21-10-11(8-15(21)22)16(23)20-6-4-18(26,5-7-20)17(24)25/h2-3,9,11,26H,4-8,10H2,1H3,(H,24,25). The van der Waals surface area contributed by atoms with E-state index in [1.54, 1.807) is 18.2 Å². The fraction of sp³-hybridized carbons (Fsp3) is 0.500. The highest BCUT2D eigenvalue weighted by Crippen LogP contribution is 2.36. The van der Waals surface area contributed by atoms with Crippen LogP contribution in [0.4, 0.5) is 5.69 Å². The number of hydrogen-bond donors (Lipinski definition) is 2. The molecule has 27 heavy (non-hydrogen) atoms. The maximum Gasteiger partial charge on any atom is 0.335 e. The minimum atomic E-state index is -1.79. The number of benzene rings is 1. The van der Waals surface area contributed by atoms with Crippen molar-refractivity contribution in [3.63, 3.8) is 0 Å². The molecule has 2 aliphatic rings. The molecule has 1 atom stereocenters. The number of carbonyl (C=O) groups is 3. The first-order valence-corrected chi connectivity index (χ1v) is 9.01. The van der Waals surface area contributed by atoms with Gasteiger partial charge in [-0.3, -0.25) is 9.59 Å². The van der Waals surface area contributed by atoms with Gasteiger partial charge in [-0.25, -0.2) is 4.79 Å². The van der Waals surface area contributed by atoms with Gasteiger partial charge in [0.05, 0.1) is 18.7 Å². The number of carboxylic acids is 1. The van der Waals surface area contributed by atoms with Gasteiger partial charge in [0, 0.05) is 43.9 Å². The third-order valence-electron chi connectivity index (χ3n) is 5.21.